The summed E-state index contributed by atoms with van der Waals surface area (Å²) in [6, 6.07) is 16.9. The van der Waals surface area contributed by atoms with E-state index in [-0.39, 0.29) is 21.7 Å². The quantitative estimate of drug-likeness (QED) is 0.409. The molecule has 7 nitrogen and oxygen atoms in total. The smallest absolute Gasteiger partial charge is 0.340 e. The third kappa shape index (κ3) is 4.97. The molecule has 0 aliphatic carbocycles. The number of aldehydes is 1. The van der Waals surface area contributed by atoms with E-state index < -0.39 is 16.0 Å². The molecule has 0 fully saturated rings. The predicted molar refractivity (Wildman–Crippen MR) is 121 cm³/mol. The monoisotopic (exact) mass is 453 g/mol. The maximum atomic E-state index is 13.4. The highest BCUT2D eigenvalue weighted by atomic mass is 32.2. The summed E-state index contributed by atoms with van der Waals surface area (Å²) in [5.74, 6) is -0.231. The Labute approximate surface area is 187 Å². The van der Waals surface area contributed by atoms with Gasteiger partial charge in [-0.2, -0.15) is 0 Å². The highest BCUT2D eigenvalue weighted by Crippen LogP contribution is 2.30. The molecule has 1 N–H and O–H groups in total. The Bertz CT molecular complexity index is 1250. The second kappa shape index (κ2) is 9.65. The largest absolute Gasteiger partial charge is 0.497 e. The Balaban J connectivity index is 2.09. The van der Waals surface area contributed by atoms with Crippen LogP contribution in [0.3, 0.4) is 0 Å². The van der Waals surface area contributed by atoms with Crippen molar-refractivity contribution >= 4 is 28.0 Å². The van der Waals surface area contributed by atoms with Crippen molar-refractivity contribution < 1.29 is 27.5 Å². The van der Waals surface area contributed by atoms with Gasteiger partial charge < -0.3 is 9.47 Å². The van der Waals surface area contributed by atoms with Crippen LogP contribution in [0.4, 0.5) is 5.69 Å². The van der Waals surface area contributed by atoms with E-state index in [0.29, 0.717) is 29.6 Å². The van der Waals surface area contributed by atoms with Gasteiger partial charge in [0.2, 0.25) is 0 Å². The van der Waals surface area contributed by atoms with E-state index in [0.717, 1.165) is 5.56 Å². The molecule has 3 rings (SSSR count). The first-order valence-corrected chi connectivity index (χ1v) is 11.2. The first-order chi connectivity index (χ1) is 15.3. The van der Waals surface area contributed by atoms with Gasteiger partial charge in [-0.1, -0.05) is 30.3 Å². The van der Waals surface area contributed by atoms with Gasteiger partial charge in [0.05, 0.1) is 30.4 Å². The van der Waals surface area contributed by atoms with E-state index in [9.17, 15) is 18.0 Å². The lowest BCUT2D eigenvalue weighted by Gasteiger charge is -2.17. The minimum absolute atomic E-state index is 0.0451. The zero-order valence-electron chi connectivity index (χ0n) is 17.9. The molecule has 0 aliphatic rings. The summed E-state index contributed by atoms with van der Waals surface area (Å²) in [6.45, 7) is 1.61. The van der Waals surface area contributed by atoms with Crippen molar-refractivity contribution in [3.05, 3.63) is 88.5 Å². The standard InChI is InChI=1S/C24H23NO6S/c1-16-11-18(15-26)13-21(24(27)31-3)23(16)25-32(28,29)22-10-9-20(30-2)14-19(22)12-17-7-5-4-6-8-17/h4-11,13-15,25H,12H2,1-3H3. The number of esters is 1. The summed E-state index contributed by atoms with van der Waals surface area (Å²) in [5, 5.41) is 0. The molecule has 0 atom stereocenters. The molecule has 0 radical (unpaired) electrons. The van der Waals surface area contributed by atoms with E-state index in [1.165, 1.54) is 32.4 Å². The van der Waals surface area contributed by atoms with Crippen molar-refractivity contribution in [2.45, 2.75) is 18.2 Å². The highest BCUT2D eigenvalue weighted by molar-refractivity contribution is 7.92. The first kappa shape index (κ1) is 23.0. The minimum atomic E-state index is -4.10. The van der Waals surface area contributed by atoms with Crippen LogP contribution in [0.25, 0.3) is 0 Å². The Morgan fingerprint density at radius 2 is 1.75 bits per heavy atom. The Kier molecular flexibility index (Phi) is 6.95. The molecule has 0 saturated heterocycles. The van der Waals surface area contributed by atoms with Crippen LogP contribution < -0.4 is 9.46 Å². The number of carbonyl (C=O) groups excluding carboxylic acids is 2. The Morgan fingerprint density at radius 3 is 2.38 bits per heavy atom. The molecule has 8 heteroatoms. The number of aryl methyl sites for hydroxylation is 1. The van der Waals surface area contributed by atoms with Crippen LogP contribution in [-0.2, 0) is 21.2 Å². The topological polar surface area (TPSA) is 98.8 Å². The minimum Gasteiger partial charge on any atom is -0.497 e. The summed E-state index contributed by atoms with van der Waals surface area (Å²) in [7, 11) is -1.40. The number of sulfonamides is 1. The third-order valence-corrected chi connectivity index (χ3v) is 6.38. The van der Waals surface area contributed by atoms with Crippen molar-refractivity contribution in [3.63, 3.8) is 0 Å². The van der Waals surface area contributed by atoms with E-state index in [2.05, 4.69) is 4.72 Å². The van der Waals surface area contributed by atoms with Gasteiger partial charge in [-0.25, -0.2) is 13.2 Å². The number of rotatable bonds is 8. The third-order valence-electron chi connectivity index (χ3n) is 4.93. The molecule has 0 heterocycles. The van der Waals surface area contributed by atoms with Crippen LogP contribution in [0.1, 0.15) is 37.4 Å². The van der Waals surface area contributed by atoms with Gasteiger partial charge in [-0.15, -0.1) is 0 Å². The van der Waals surface area contributed by atoms with Crippen molar-refractivity contribution in [1.29, 1.82) is 0 Å². The lowest BCUT2D eigenvalue weighted by Crippen LogP contribution is -2.19. The average molecular weight is 454 g/mol. The van der Waals surface area contributed by atoms with Crippen molar-refractivity contribution in [2.75, 3.05) is 18.9 Å². The average Bonchev–Trinajstić information content (AvgIpc) is 2.80. The maximum absolute atomic E-state index is 13.4. The molecule has 3 aromatic rings. The zero-order chi connectivity index (χ0) is 23.3. The predicted octanol–water partition coefficient (Wildman–Crippen LogP) is 3.99. The fraction of sp³-hybridized carbons (Fsp3) is 0.167. The summed E-state index contributed by atoms with van der Waals surface area (Å²) in [4.78, 5) is 23.5. The van der Waals surface area contributed by atoms with Crippen LogP contribution in [0.15, 0.2) is 65.6 Å². The second-order valence-electron chi connectivity index (χ2n) is 7.11. The van der Waals surface area contributed by atoms with Crippen molar-refractivity contribution in [2.24, 2.45) is 0 Å². The molecule has 0 saturated carbocycles. The normalized spacial score (nSPS) is 11.0. The van der Waals surface area contributed by atoms with E-state index in [1.54, 1.807) is 19.1 Å². The molecule has 0 aromatic heterocycles. The second-order valence-corrected chi connectivity index (χ2v) is 8.76. The fourth-order valence-corrected chi connectivity index (χ4v) is 4.75. The van der Waals surface area contributed by atoms with Gasteiger partial charge in [0, 0.05) is 5.56 Å². The molecule has 0 amide bonds. The van der Waals surface area contributed by atoms with Gasteiger partial charge in [-0.05, 0) is 60.4 Å². The SMILES string of the molecule is COC(=O)c1cc(C=O)cc(C)c1NS(=O)(=O)c1ccc(OC)cc1Cc1ccccc1. The number of carbonyl (C=O) groups is 2. The van der Waals surface area contributed by atoms with E-state index in [4.69, 9.17) is 9.47 Å². The number of methoxy groups -OCH3 is 2. The summed E-state index contributed by atoms with van der Waals surface area (Å²) >= 11 is 0. The first-order valence-electron chi connectivity index (χ1n) is 9.71. The number of anilines is 1. The highest BCUT2D eigenvalue weighted by Gasteiger charge is 2.24. The molecular formula is C24H23NO6S. The molecule has 32 heavy (non-hydrogen) atoms. The number of ether oxygens (including phenoxy) is 2. The molecule has 3 aromatic carbocycles. The molecule has 166 valence electrons. The van der Waals surface area contributed by atoms with Gasteiger partial charge >= 0.3 is 5.97 Å². The Hall–Kier alpha value is -3.65. The van der Waals surface area contributed by atoms with Crippen LogP contribution in [0, 0.1) is 6.92 Å². The Morgan fingerprint density at radius 1 is 1.03 bits per heavy atom. The van der Waals surface area contributed by atoms with E-state index >= 15 is 0 Å². The van der Waals surface area contributed by atoms with Crippen LogP contribution >= 0.6 is 0 Å². The number of nitrogens with one attached hydrogen (secondary N) is 1. The zero-order valence-corrected chi connectivity index (χ0v) is 18.7. The van der Waals surface area contributed by atoms with Gasteiger partial charge in [0.25, 0.3) is 10.0 Å². The van der Waals surface area contributed by atoms with Gasteiger partial charge in [-0.3, -0.25) is 9.52 Å². The fourth-order valence-electron chi connectivity index (χ4n) is 3.38. The van der Waals surface area contributed by atoms with Gasteiger partial charge in [0.15, 0.2) is 0 Å². The summed E-state index contributed by atoms with van der Waals surface area (Å²) in [6.07, 6.45) is 0.945. The number of hydrogen-bond donors (Lipinski definition) is 1. The molecular weight excluding hydrogens is 430 g/mol. The lowest BCUT2D eigenvalue weighted by molar-refractivity contribution is 0.0602. The van der Waals surface area contributed by atoms with Gasteiger partial charge in [0.1, 0.15) is 12.0 Å². The van der Waals surface area contributed by atoms with Crippen LogP contribution in [0.2, 0.25) is 0 Å². The van der Waals surface area contributed by atoms with Crippen LogP contribution in [0.5, 0.6) is 5.75 Å². The van der Waals surface area contributed by atoms with Crippen molar-refractivity contribution in [1.82, 2.24) is 0 Å². The number of hydrogen-bond acceptors (Lipinski definition) is 6. The van der Waals surface area contributed by atoms with Crippen LogP contribution in [-0.4, -0.2) is 34.9 Å². The summed E-state index contributed by atoms with van der Waals surface area (Å²) < 4.78 is 39.4. The number of benzene rings is 3. The summed E-state index contributed by atoms with van der Waals surface area (Å²) in [5.41, 5.74) is 2.13. The molecule has 0 unspecified atom stereocenters. The molecule has 0 bridgehead atoms. The molecule has 0 aliphatic heterocycles. The van der Waals surface area contributed by atoms with E-state index in [1.807, 2.05) is 30.3 Å². The maximum Gasteiger partial charge on any atom is 0.340 e. The lowest BCUT2D eigenvalue weighted by atomic mass is 10.0. The van der Waals surface area contributed by atoms with Crippen molar-refractivity contribution in [3.8, 4) is 5.75 Å². The molecule has 0 spiro atoms.